The van der Waals surface area contributed by atoms with Gasteiger partial charge in [-0.25, -0.2) is 0 Å². The number of guanidine groups is 1. The van der Waals surface area contributed by atoms with Crippen LogP contribution in [0.15, 0.2) is 11.1 Å². The van der Waals surface area contributed by atoms with Crippen LogP contribution >= 0.6 is 24.0 Å². The Morgan fingerprint density at radius 3 is 2.62 bits per heavy atom. The Morgan fingerprint density at radius 1 is 1.35 bits per heavy atom. The summed E-state index contributed by atoms with van der Waals surface area (Å²) in [5.74, 6) is 1.58. The van der Waals surface area contributed by atoms with Crippen molar-refractivity contribution in [3.8, 4) is 0 Å². The highest BCUT2D eigenvalue weighted by molar-refractivity contribution is 14.0. The van der Waals surface area contributed by atoms with Crippen LogP contribution in [-0.2, 0) is 6.54 Å². The summed E-state index contributed by atoms with van der Waals surface area (Å²) in [5, 5.41) is 11.5. The van der Waals surface area contributed by atoms with Crippen LogP contribution < -0.4 is 10.6 Å². The van der Waals surface area contributed by atoms with Crippen molar-refractivity contribution in [2.24, 2.45) is 10.9 Å². The standard InChI is InChI=1S/C19H36N6.HI/c1-7-20-19(22-18-13-24(14(2)3)12-15(18)4)21-9-8-10-25-17(6)11-16(5)23-25;/h11,14-15,18H,7-10,12-13H2,1-6H3,(H2,20,21,22);1H. The van der Waals surface area contributed by atoms with Gasteiger partial charge in [-0.2, -0.15) is 5.10 Å². The number of hydrogen-bond acceptors (Lipinski definition) is 3. The van der Waals surface area contributed by atoms with E-state index in [2.05, 4.69) is 66.0 Å². The van der Waals surface area contributed by atoms with Crippen LogP contribution in [0.4, 0.5) is 0 Å². The fourth-order valence-corrected chi connectivity index (χ4v) is 3.42. The number of halogens is 1. The van der Waals surface area contributed by atoms with Crippen molar-refractivity contribution in [3.05, 3.63) is 17.5 Å². The summed E-state index contributed by atoms with van der Waals surface area (Å²) in [7, 11) is 0. The van der Waals surface area contributed by atoms with Gasteiger partial charge in [0.1, 0.15) is 0 Å². The first-order valence-electron chi connectivity index (χ1n) is 9.70. The molecule has 1 aliphatic heterocycles. The summed E-state index contributed by atoms with van der Waals surface area (Å²) in [4.78, 5) is 7.30. The number of aromatic nitrogens is 2. The number of rotatable bonds is 7. The monoisotopic (exact) mass is 476 g/mol. The molecule has 0 spiro atoms. The summed E-state index contributed by atoms with van der Waals surface area (Å²) in [5.41, 5.74) is 2.31. The normalized spacial score (nSPS) is 21.1. The second-order valence-corrected chi connectivity index (χ2v) is 7.54. The highest BCUT2D eigenvalue weighted by atomic mass is 127. The fourth-order valence-electron chi connectivity index (χ4n) is 3.42. The minimum absolute atomic E-state index is 0. The topological polar surface area (TPSA) is 57.5 Å². The number of nitrogens with one attached hydrogen (secondary N) is 2. The predicted octanol–water partition coefficient (Wildman–Crippen LogP) is 2.79. The maximum Gasteiger partial charge on any atom is 0.191 e. The maximum atomic E-state index is 4.77. The SMILES string of the molecule is CCNC(=NCCCn1nc(C)cc1C)NC1CN(C(C)C)CC1C.I. The van der Waals surface area contributed by atoms with Crippen LogP contribution in [-0.4, -0.2) is 58.9 Å². The Kier molecular flexibility index (Phi) is 9.92. The molecule has 7 heteroatoms. The highest BCUT2D eigenvalue weighted by Crippen LogP contribution is 2.18. The molecule has 0 radical (unpaired) electrons. The summed E-state index contributed by atoms with van der Waals surface area (Å²) in [6.07, 6.45) is 0.997. The van der Waals surface area contributed by atoms with E-state index in [-0.39, 0.29) is 24.0 Å². The number of hydrogen-bond donors (Lipinski definition) is 2. The van der Waals surface area contributed by atoms with Crippen molar-refractivity contribution in [2.75, 3.05) is 26.2 Å². The average molecular weight is 476 g/mol. The number of aryl methyl sites for hydroxylation is 3. The van der Waals surface area contributed by atoms with E-state index < -0.39 is 0 Å². The molecule has 2 rings (SSSR count). The fraction of sp³-hybridized carbons (Fsp3) is 0.789. The molecule has 6 nitrogen and oxygen atoms in total. The van der Waals surface area contributed by atoms with Gasteiger partial charge in [0.05, 0.1) is 5.69 Å². The highest BCUT2D eigenvalue weighted by Gasteiger charge is 2.31. The van der Waals surface area contributed by atoms with E-state index in [0.717, 1.165) is 50.8 Å². The van der Waals surface area contributed by atoms with Crippen molar-refractivity contribution < 1.29 is 0 Å². The van der Waals surface area contributed by atoms with E-state index in [9.17, 15) is 0 Å². The van der Waals surface area contributed by atoms with Gasteiger partial charge in [-0.05, 0) is 53.0 Å². The van der Waals surface area contributed by atoms with Gasteiger partial charge in [0.15, 0.2) is 5.96 Å². The zero-order chi connectivity index (χ0) is 18.4. The van der Waals surface area contributed by atoms with Crippen LogP contribution in [0.3, 0.4) is 0 Å². The lowest BCUT2D eigenvalue weighted by Gasteiger charge is -2.22. The van der Waals surface area contributed by atoms with Crippen LogP contribution in [0.5, 0.6) is 0 Å². The number of likely N-dealkylation sites (tertiary alicyclic amines) is 1. The van der Waals surface area contributed by atoms with Crippen molar-refractivity contribution in [2.45, 2.75) is 66.6 Å². The van der Waals surface area contributed by atoms with Crippen LogP contribution in [0.1, 0.15) is 45.5 Å². The third-order valence-corrected chi connectivity index (χ3v) is 4.94. The van der Waals surface area contributed by atoms with Crippen molar-refractivity contribution in [1.82, 2.24) is 25.3 Å². The molecular formula is C19H37IN6. The van der Waals surface area contributed by atoms with Gasteiger partial charge in [-0.15, -0.1) is 24.0 Å². The molecule has 0 saturated carbocycles. The molecule has 0 bridgehead atoms. The molecule has 2 N–H and O–H groups in total. The smallest absolute Gasteiger partial charge is 0.191 e. The minimum atomic E-state index is 0. The third kappa shape index (κ3) is 6.72. The Morgan fingerprint density at radius 2 is 2.08 bits per heavy atom. The molecule has 2 heterocycles. The van der Waals surface area contributed by atoms with E-state index in [1.54, 1.807) is 0 Å². The molecule has 0 amide bonds. The average Bonchev–Trinajstić information content (AvgIpc) is 3.06. The first-order valence-corrected chi connectivity index (χ1v) is 9.70. The Hall–Kier alpha value is -0.830. The molecule has 150 valence electrons. The van der Waals surface area contributed by atoms with Crippen LogP contribution in [0.2, 0.25) is 0 Å². The molecular weight excluding hydrogens is 439 g/mol. The summed E-state index contributed by atoms with van der Waals surface area (Å²) in [6, 6.07) is 3.20. The van der Waals surface area contributed by atoms with Gasteiger partial charge >= 0.3 is 0 Å². The second kappa shape index (κ2) is 11.1. The largest absolute Gasteiger partial charge is 0.357 e. The van der Waals surface area contributed by atoms with E-state index in [0.29, 0.717) is 18.0 Å². The lowest BCUT2D eigenvalue weighted by molar-refractivity contribution is 0.265. The number of aliphatic imine (C=N–C) groups is 1. The molecule has 1 aromatic heterocycles. The van der Waals surface area contributed by atoms with Crippen molar-refractivity contribution in [1.29, 1.82) is 0 Å². The summed E-state index contributed by atoms with van der Waals surface area (Å²) in [6.45, 7) is 18.0. The molecule has 0 aromatic carbocycles. The van der Waals surface area contributed by atoms with Gasteiger partial charge in [0.25, 0.3) is 0 Å². The van der Waals surface area contributed by atoms with Crippen molar-refractivity contribution in [3.63, 3.8) is 0 Å². The van der Waals surface area contributed by atoms with E-state index in [1.165, 1.54) is 5.69 Å². The predicted molar refractivity (Wildman–Crippen MR) is 121 cm³/mol. The Balaban J connectivity index is 0.00000338. The van der Waals surface area contributed by atoms with Gasteiger partial charge < -0.3 is 10.6 Å². The molecule has 1 aliphatic rings. The molecule has 1 fully saturated rings. The van der Waals surface area contributed by atoms with E-state index in [4.69, 9.17) is 4.99 Å². The minimum Gasteiger partial charge on any atom is -0.357 e. The van der Waals surface area contributed by atoms with Gasteiger partial charge in [-0.1, -0.05) is 6.92 Å². The number of nitrogens with zero attached hydrogens (tertiary/aromatic N) is 4. The molecule has 2 atom stereocenters. The zero-order valence-corrected chi connectivity index (χ0v) is 19.6. The maximum absolute atomic E-state index is 4.77. The Labute approximate surface area is 176 Å². The Bertz CT molecular complexity index is 568. The first-order chi connectivity index (χ1) is 11.9. The van der Waals surface area contributed by atoms with Gasteiger partial charge in [0, 0.05) is 50.5 Å². The third-order valence-electron chi connectivity index (χ3n) is 4.94. The summed E-state index contributed by atoms with van der Waals surface area (Å²) < 4.78 is 2.07. The van der Waals surface area contributed by atoms with Gasteiger partial charge in [0.2, 0.25) is 0 Å². The quantitative estimate of drug-likeness (QED) is 0.275. The molecule has 2 unspecified atom stereocenters. The molecule has 1 saturated heterocycles. The van der Waals surface area contributed by atoms with Gasteiger partial charge in [-0.3, -0.25) is 14.6 Å². The zero-order valence-electron chi connectivity index (χ0n) is 17.2. The first kappa shape index (κ1) is 23.2. The van der Waals surface area contributed by atoms with Crippen LogP contribution in [0, 0.1) is 19.8 Å². The molecule has 1 aromatic rings. The second-order valence-electron chi connectivity index (χ2n) is 7.54. The summed E-state index contributed by atoms with van der Waals surface area (Å²) >= 11 is 0. The lowest BCUT2D eigenvalue weighted by Crippen LogP contribution is -2.46. The molecule has 26 heavy (non-hydrogen) atoms. The van der Waals surface area contributed by atoms with Crippen LogP contribution in [0.25, 0.3) is 0 Å². The molecule has 0 aliphatic carbocycles. The lowest BCUT2D eigenvalue weighted by atomic mass is 10.1. The van der Waals surface area contributed by atoms with Crippen molar-refractivity contribution >= 4 is 29.9 Å². The van der Waals surface area contributed by atoms with E-state index in [1.807, 2.05) is 6.92 Å². The van der Waals surface area contributed by atoms with E-state index >= 15 is 0 Å².